The number of hydrogen-bond donors (Lipinski definition) is 1. The molecule has 7 heteroatoms. The molecule has 5 nitrogen and oxygen atoms in total. The molecule has 1 saturated heterocycles. The van der Waals surface area contributed by atoms with E-state index in [0.29, 0.717) is 10.7 Å². The Morgan fingerprint density at radius 1 is 1.27 bits per heavy atom. The van der Waals surface area contributed by atoms with Gasteiger partial charge in [0.2, 0.25) is 5.91 Å². The zero-order valence-electron chi connectivity index (χ0n) is 12.2. The molecule has 0 aliphatic carbocycles. The van der Waals surface area contributed by atoms with Gasteiger partial charge in [-0.05, 0) is 38.0 Å². The number of hydrogen-bond acceptors (Lipinski definition) is 3. The van der Waals surface area contributed by atoms with Crippen LogP contribution in [0.2, 0.25) is 10.0 Å². The predicted octanol–water partition coefficient (Wildman–Crippen LogP) is 3.11. The van der Waals surface area contributed by atoms with Gasteiger partial charge in [-0.25, -0.2) is 5.43 Å². The fourth-order valence-corrected chi connectivity index (χ4v) is 2.71. The molecule has 1 fully saturated rings. The maximum atomic E-state index is 12.0. The number of hydrazone groups is 1. The fourth-order valence-electron chi connectivity index (χ4n) is 2.22. The summed E-state index contributed by atoms with van der Waals surface area (Å²) in [6.07, 6.45) is 2.30. The Kier molecular flexibility index (Phi) is 5.80. The van der Waals surface area contributed by atoms with Crippen LogP contribution in [-0.4, -0.2) is 35.5 Å². The summed E-state index contributed by atoms with van der Waals surface area (Å²) in [6.45, 7) is 3.31. The van der Waals surface area contributed by atoms with Crippen molar-refractivity contribution in [2.24, 2.45) is 5.10 Å². The topological polar surface area (TPSA) is 61.8 Å². The van der Waals surface area contributed by atoms with Crippen LogP contribution in [0.5, 0.6) is 0 Å². The first-order valence-electron chi connectivity index (χ1n) is 7.03. The highest BCUT2D eigenvalue weighted by atomic mass is 35.5. The lowest BCUT2D eigenvalue weighted by molar-refractivity contribution is -0.128. The van der Waals surface area contributed by atoms with E-state index in [1.54, 1.807) is 13.0 Å². The van der Waals surface area contributed by atoms with E-state index in [-0.39, 0.29) is 22.9 Å². The number of benzene rings is 1. The highest BCUT2D eigenvalue weighted by molar-refractivity contribution is 6.36. The van der Waals surface area contributed by atoms with Gasteiger partial charge in [0.05, 0.1) is 17.0 Å². The second-order valence-corrected chi connectivity index (χ2v) is 6.02. The van der Waals surface area contributed by atoms with Crippen LogP contribution in [-0.2, 0) is 4.79 Å². The first-order chi connectivity index (χ1) is 10.5. The third kappa shape index (κ3) is 4.45. The zero-order chi connectivity index (χ0) is 16.1. The number of halogens is 2. The van der Waals surface area contributed by atoms with Crippen molar-refractivity contribution in [3.05, 3.63) is 33.8 Å². The van der Waals surface area contributed by atoms with E-state index < -0.39 is 5.91 Å². The second-order valence-electron chi connectivity index (χ2n) is 5.18. The van der Waals surface area contributed by atoms with Crippen LogP contribution < -0.4 is 5.43 Å². The molecule has 0 saturated carbocycles. The summed E-state index contributed by atoms with van der Waals surface area (Å²) in [5, 5.41) is 4.66. The summed E-state index contributed by atoms with van der Waals surface area (Å²) in [5.41, 5.74) is 3.24. The van der Waals surface area contributed by atoms with Gasteiger partial charge in [-0.1, -0.05) is 23.2 Å². The van der Waals surface area contributed by atoms with Crippen LogP contribution in [0.4, 0.5) is 0 Å². The number of carbonyl (C=O) groups is 2. The summed E-state index contributed by atoms with van der Waals surface area (Å²) < 4.78 is 0. The zero-order valence-corrected chi connectivity index (χ0v) is 13.7. The molecule has 118 valence electrons. The van der Waals surface area contributed by atoms with Crippen LogP contribution in [0.1, 0.15) is 36.5 Å². The molecule has 1 aliphatic rings. The van der Waals surface area contributed by atoms with Crippen molar-refractivity contribution in [2.75, 3.05) is 13.1 Å². The monoisotopic (exact) mass is 341 g/mol. The van der Waals surface area contributed by atoms with Gasteiger partial charge in [0, 0.05) is 23.8 Å². The third-order valence-electron chi connectivity index (χ3n) is 3.39. The molecular formula is C15H17Cl2N3O2. The largest absolute Gasteiger partial charge is 0.342 e. The van der Waals surface area contributed by atoms with Crippen molar-refractivity contribution >= 4 is 40.7 Å². The second kappa shape index (κ2) is 7.61. The van der Waals surface area contributed by atoms with Crippen molar-refractivity contribution in [3.63, 3.8) is 0 Å². The Bertz CT molecular complexity index is 611. The molecule has 22 heavy (non-hydrogen) atoms. The Morgan fingerprint density at radius 2 is 1.95 bits per heavy atom. The molecule has 0 atom stereocenters. The molecule has 2 amide bonds. The molecular weight excluding hydrogens is 325 g/mol. The predicted molar refractivity (Wildman–Crippen MR) is 87.5 cm³/mol. The van der Waals surface area contributed by atoms with Crippen molar-refractivity contribution in [2.45, 2.75) is 26.2 Å². The van der Waals surface area contributed by atoms with E-state index in [1.807, 2.05) is 4.90 Å². The lowest BCUT2D eigenvalue weighted by Crippen LogP contribution is -2.29. The average molecular weight is 342 g/mol. The van der Waals surface area contributed by atoms with Crippen molar-refractivity contribution in [1.82, 2.24) is 10.3 Å². The molecule has 2 rings (SSSR count). The summed E-state index contributed by atoms with van der Waals surface area (Å²) >= 11 is 11.7. The molecule has 0 radical (unpaired) electrons. The van der Waals surface area contributed by atoms with Gasteiger partial charge in [0.15, 0.2) is 0 Å². The minimum Gasteiger partial charge on any atom is -0.342 e. The van der Waals surface area contributed by atoms with Gasteiger partial charge in [-0.2, -0.15) is 5.10 Å². The van der Waals surface area contributed by atoms with E-state index in [0.717, 1.165) is 25.9 Å². The molecule has 1 aliphatic heterocycles. The number of likely N-dealkylation sites (tertiary alicyclic amines) is 1. The Balaban J connectivity index is 1.92. The molecule has 0 aromatic heterocycles. The highest BCUT2D eigenvalue weighted by Crippen LogP contribution is 2.20. The molecule has 0 bridgehead atoms. The van der Waals surface area contributed by atoms with E-state index in [2.05, 4.69) is 10.5 Å². The van der Waals surface area contributed by atoms with Gasteiger partial charge in [-0.15, -0.1) is 0 Å². The molecule has 0 spiro atoms. The van der Waals surface area contributed by atoms with Crippen molar-refractivity contribution in [3.8, 4) is 0 Å². The van der Waals surface area contributed by atoms with Gasteiger partial charge in [-0.3, -0.25) is 9.59 Å². The highest BCUT2D eigenvalue weighted by Gasteiger charge is 2.18. The van der Waals surface area contributed by atoms with Crippen LogP contribution >= 0.6 is 23.2 Å². The molecule has 0 unspecified atom stereocenters. The van der Waals surface area contributed by atoms with Crippen LogP contribution in [0.3, 0.4) is 0 Å². The third-order valence-corrected chi connectivity index (χ3v) is 3.94. The summed E-state index contributed by atoms with van der Waals surface area (Å²) in [6, 6.07) is 4.60. The molecule has 1 N–H and O–H groups in total. The Labute approximate surface area is 139 Å². The Hall–Kier alpha value is -1.59. The van der Waals surface area contributed by atoms with Crippen LogP contribution in [0.15, 0.2) is 23.3 Å². The molecule has 1 aromatic carbocycles. The van der Waals surface area contributed by atoms with Gasteiger partial charge in [0.25, 0.3) is 5.91 Å². The van der Waals surface area contributed by atoms with E-state index >= 15 is 0 Å². The number of rotatable bonds is 4. The average Bonchev–Trinajstić information content (AvgIpc) is 2.99. The Morgan fingerprint density at radius 3 is 2.59 bits per heavy atom. The van der Waals surface area contributed by atoms with Crippen LogP contribution in [0, 0.1) is 0 Å². The molecule has 1 heterocycles. The quantitative estimate of drug-likeness (QED) is 0.675. The summed E-state index contributed by atoms with van der Waals surface area (Å²) in [4.78, 5) is 25.8. The first-order valence-corrected chi connectivity index (χ1v) is 7.79. The smallest absolute Gasteiger partial charge is 0.272 e. The minimum absolute atomic E-state index is 0.0394. The number of nitrogens with one attached hydrogen (secondary N) is 1. The van der Waals surface area contributed by atoms with Gasteiger partial charge in [0.1, 0.15) is 0 Å². The van der Waals surface area contributed by atoms with E-state index in [9.17, 15) is 9.59 Å². The lowest BCUT2D eigenvalue weighted by Gasteiger charge is -2.14. The lowest BCUT2D eigenvalue weighted by atomic mass is 10.2. The number of carbonyl (C=O) groups excluding carboxylic acids is 2. The van der Waals surface area contributed by atoms with E-state index in [1.165, 1.54) is 12.1 Å². The molecule has 1 aromatic rings. The van der Waals surface area contributed by atoms with E-state index in [4.69, 9.17) is 23.2 Å². The number of amides is 2. The maximum absolute atomic E-state index is 12.0. The van der Waals surface area contributed by atoms with Crippen LogP contribution in [0.25, 0.3) is 0 Å². The minimum atomic E-state index is -0.436. The summed E-state index contributed by atoms with van der Waals surface area (Å²) in [5.74, 6) is -0.396. The van der Waals surface area contributed by atoms with Gasteiger partial charge < -0.3 is 4.90 Å². The SMILES string of the molecule is CC(CC(=O)N1CCCC1)=NNC(=O)c1ccc(Cl)cc1Cl. The van der Waals surface area contributed by atoms with Gasteiger partial charge >= 0.3 is 0 Å². The van der Waals surface area contributed by atoms with Crippen molar-refractivity contribution < 1.29 is 9.59 Å². The summed E-state index contributed by atoms with van der Waals surface area (Å²) in [7, 11) is 0. The number of nitrogens with zero attached hydrogens (tertiary/aromatic N) is 2. The fraction of sp³-hybridized carbons (Fsp3) is 0.400. The first kappa shape index (κ1) is 16.8. The normalized spacial score (nSPS) is 15.0. The maximum Gasteiger partial charge on any atom is 0.272 e. The standard InChI is InChI=1S/C15H17Cl2N3O2/c1-10(8-14(21)20-6-2-3-7-20)18-19-15(22)12-5-4-11(16)9-13(12)17/h4-5,9H,2-3,6-8H2,1H3,(H,19,22). The van der Waals surface area contributed by atoms with Crippen molar-refractivity contribution in [1.29, 1.82) is 0 Å².